The highest BCUT2D eigenvalue weighted by atomic mass is 32.1. The van der Waals surface area contributed by atoms with Crippen molar-refractivity contribution in [1.29, 1.82) is 0 Å². The van der Waals surface area contributed by atoms with Gasteiger partial charge in [0.25, 0.3) is 0 Å². The van der Waals surface area contributed by atoms with Gasteiger partial charge in [0.15, 0.2) is 0 Å². The third-order valence-corrected chi connectivity index (χ3v) is 3.85. The standard InChI is InChI=1S/C15H13N3OS/c1-19-14-3-2-11(8-12(14)16)15-18-13(9-20-15)10-4-6-17-7-5-10/h2-9H,16H2,1H3. The van der Waals surface area contributed by atoms with Crippen LogP contribution in [0.3, 0.4) is 0 Å². The maximum Gasteiger partial charge on any atom is 0.141 e. The van der Waals surface area contributed by atoms with E-state index < -0.39 is 0 Å². The van der Waals surface area contributed by atoms with E-state index in [9.17, 15) is 0 Å². The van der Waals surface area contributed by atoms with Crippen LogP contribution in [0.1, 0.15) is 0 Å². The Hall–Kier alpha value is -2.40. The maximum absolute atomic E-state index is 5.93. The number of methoxy groups -OCH3 is 1. The van der Waals surface area contributed by atoms with Crippen molar-refractivity contribution in [1.82, 2.24) is 9.97 Å². The van der Waals surface area contributed by atoms with Crippen molar-refractivity contribution in [3.8, 4) is 27.6 Å². The molecule has 0 unspecified atom stereocenters. The van der Waals surface area contributed by atoms with E-state index in [1.165, 1.54) is 0 Å². The van der Waals surface area contributed by atoms with Gasteiger partial charge in [-0.2, -0.15) is 0 Å². The van der Waals surface area contributed by atoms with Crippen LogP contribution in [0.25, 0.3) is 21.8 Å². The monoisotopic (exact) mass is 283 g/mol. The van der Waals surface area contributed by atoms with Gasteiger partial charge in [0, 0.05) is 28.9 Å². The van der Waals surface area contributed by atoms with Crippen molar-refractivity contribution in [2.24, 2.45) is 0 Å². The summed E-state index contributed by atoms with van der Waals surface area (Å²) in [6.07, 6.45) is 3.53. The number of nitrogens with zero attached hydrogens (tertiary/aromatic N) is 2. The molecule has 0 aliphatic rings. The number of anilines is 1. The van der Waals surface area contributed by atoms with E-state index in [0.29, 0.717) is 11.4 Å². The molecule has 0 amide bonds. The average molecular weight is 283 g/mol. The average Bonchev–Trinajstić information content (AvgIpc) is 2.98. The minimum absolute atomic E-state index is 0.616. The van der Waals surface area contributed by atoms with Gasteiger partial charge >= 0.3 is 0 Å². The first-order valence-corrected chi connectivity index (χ1v) is 6.95. The number of nitrogen functional groups attached to an aromatic ring is 1. The summed E-state index contributed by atoms with van der Waals surface area (Å²) < 4.78 is 5.16. The van der Waals surface area contributed by atoms with Crippen LogP contribution < -0.4 is 10.5 Å². The Balaban J connectivity index is 1.96. The van der Waals surface area contributed by atoms with Gasteiger partial charge in [-0.3, -0.25) is 4.98 Å². The van der Waals surface area contributed by atoms with E-state index >= 15 is 0 Å². The van der Waals surface area contributed by atoms with E-state index in [2.05, 4.69) is 9.97 Å². The van der Waals surface area contributed by atoms with Crippen LogP contribution in [0, 0.1) is 0 Å². The number of pyridine rings is 1. The molecule has 2 heterocycles. The van der Waals surface area contributed by atoms with Crippen LogP contribution >= 0.6 is 11.3 Å². The van der Waals surface area contributed by atoms with Gasteiger partial charge in [0.05, 0.1) is 18.5 Å². The molecule has 0 aliphatic heterocycles. The van der Waals surface area contributed by atoms with Gasteiger partial charge in [-0.25, -0.2) is 4.98 Å². The number of nitrogens with two attached hydrogens (primary N) is 1. The SMILES string of the molecule is COc1ccc(-c2nc(-c3ccncc3)cs2)cc1N. The highest BCUT2D eigenvalue weighted by Crippen LogP contribution is 2.32. The fourth-order valence-electron chi connectivity index (χ4n) is 1.93. The summed E-state index contributed by atoms with van der Waals surface area (Å²) >= 11 is 1.59. The summed E-state index contributed by atoms with van der Waals surface area (Å²) in [6, 6.07) is 9.60. The lowest BCUT2D eigenvalue weighted by Crippen LogP contribution is -1.92. The Morgan fingerprint density at radius 1 is 1.10 bits per heavy atom. The summed E-state index contributed by atoms with van der Waals surface area (Å²) in [4.78, 5) is 8.65. The van der Waals surface area contributed by atoms with Crippen LogP contribution in [-0.2, 0) is 0 Å². The van der Waals surface area contributed by atoms with Crippen molar-refractivity contribution in [3.05, 3.63) is 48.1 Å². The maximum atomic E-state index is 5.93. The normalized spacial score (nSPS) is 10.4. The summed E-state index contributed by atoms with van der Waals surface area (Å²) in [6.45, 7) is 0. The first-order valence-electron chi connectivity index (χ1n) is 6.08. The first kappa shape index (κ1) is 12.6. The van der Waals surface area contributed by atoms with E-state index in [1.54, 1.807) is 30.8 Å². The molecule has 4 nitrogen and oxygen atoms in total. The largest absolute Gasteiger partial charge is 0.495 e. The van der Waals surface area contributed by atoms with E-state index in [1.807, 2.05) is 35.7 Å². The molecule has 20 heavy (non-hydrogen) atoms. The van der Waals surface area contributed by atoms with Crippen LogP contribution in [0.4, 0.5) is 5.69 Å². The van der Waals surface area contributed by atoms with Crippen molar-refractivity contribution < 1.29 is 4.74 Å². The van der Waals surface area contributed by atoms with Crippen molar-refractivity contribution in [2.75, 3.05) is 12.8 Å². The lowest BCUT2D eigenvalue weighted by atomic mass is 10.2. The zero-order chi connectivity index (χ0) is 13.9. The van der Waals surface area contributed by atoms with Crippen molar-refractivity contribution >= 4 is 17.0 Å². The van der Waals surface area contributed by atoms with Crippen molar-refractivity contribution in [2.45, 2.75) is 0 Å². The van der Waals surface area contributed by atoms with Gasteiger partial charge in [-0.15, -0.1) is 11.3 Å². The molecular formula is C15H13N3OS. The minimum atomic E-state index is 0.616. The van der Waals surface area contributed by atoms with E-state index in [4.69, 9.17) is 10.5 Å². The van der Waals surface area contributed by atoms with E-state index in [0.717, 1.165) is 21.8 Å². The van der Waals surface area contributed by atoms with Crippen molar-refractivity contribution in [3.63, 3.8) is 0 Å². The summed E-state index contributed by atoms with van der Waals surface area (Å²) in [5, 5.41) is 2.97. The smallest absolute Gasteiger partial charge is 0.141 e. The predicted molar refractivity (Wildman–Crippen MR) is 81.7 cm³/mol. The number of rotatable bonds is 3. The predicted octanol–water partition coefficient (Wildman–Crippen LogP) is 3.46. The molecule has 3 aromatic rings. The molecule has 100 valence electrons. The molecule has 1 aromatic carbocycles. The summed E-state index contributed by atoms with van der Waals surface area (Å²) in [5.41, 5.74) is 9.55. The third kappa shape index (κ3) is 2.35. The molecule has 0 fully saturated rings. The third-order valence-electron chi connectivity index (χ3n) is 2.96. The Kier molecular flexibility index (Phi) is 3.35. The number of hydrogen-bond acceptors (Lipinski definition) is 5. The first-order chi connectivity index (χ1) is 9.78. The molecule has 0 spiro atoms. The van der Waals surface area contributed by atoms with Gasteiger partial charge in [-0.1, -0.05) is 0 Å². The highest BCUT2D eigenvalue weighted by Gasteiger charge is 2.08. The fourth-order valence-corrected chi connectivity index (χ4v) is 2.76. The number of thiazole rings is 1. The molecule has 0 saturated carbocycles. The number of aromatic nitrogens is 2. The Bertz CT molecular complexity index is 725. The molecule has 0 bridgehead atoms. The summed E-state index contributed by atoms with van der Waals surface area (Å²) in [7, 11) is 1.61. The molecule has 0 atom stereocenters. The lowest BCUT2D eigenvalue weighted by molar-refractivity contribution is 0.417. The van der Waals surface area contributed by atoms with E-state index in [-0.39, 0.29) is 0 Å². The van der Waals surface area contributed by atoms with Crippen LogP contribution in [0.5, 0.6) is 5.75 Å². The molecule has 3 rings (SSSR count). The molecule has 5 heteroatoms. The molecular weight excluding hydrogens is 270 g/mol. The summed E-state index contributed by atoms with van der Waals surface area (Å²) in [5.74, 6) is 0.680. The second-order valence-corrected chi connectivity index (χ2v) is 5.09. The van der Waals surface area contributed by atoms with Gasteiger partial charge in [-0.05, 0) is 30.3 Å². The quantitative estimate of drug-likeness (QED) is 0.748. The van der Waals surface area contributed by atoms with Gasteiger partial charge in [0.2, 0.25) is 0 Å². The zero-order valence-corrected chi connectivity index (χ0v) is 11.7. The topological polar surface area (TPSA) is 61.0 Å². The molecule has 2 N–H and O–H groups in total. The van der Waals surface area contributed by atoms with Crippen LogP contribution in [0.15, 0.2) is 48.1 Å². The number of benzene rings is 1. The Morgan fingerprint density at radius 3 is 2.60 bits per heavy atom. The van der Waals surface area contributed by atoms with Crippen LogP contribution in [0.2, 0.25) is 0 Å². The minimum Gasteiger partial charge on any atom is -0.495 e. The molecule has 0 aliphatic carbocycles. The van der Waals surface area contributed by atoms with Crippen LogP contribution in [-0.4, -0.2) is 17.1 Å². The fraction of sp³-hybridized carbons (Fsp3) is 0.0667. The lowest BCUT2D eigenvalue weighted by Gasteiger charge is -2.05. The molecule has 0 saturated heterocycles. The second-order valence-electron chi connectivity index (χ2n) is 4.23. The molecule has 0 radical (unpaired) electrons. The second kappa shape index (κ2) is 5.30. The number of hydrogen-bond donors (Lipinski definition) is 1. The van der Waals surface area contributed by atoms with Gasteiger partial charge < -0.3 is 10.5 Å². The molecule has 2 aromatic heterocycles. The van der Waals surface area contributed by atoms with Gasteiger partial charge in [0.1, 0.15) is 10.8 Å². The zero-order valence-electron chi connectivity index (χ0n) is 10.9. The highest BCUT2D eigenvalue weighted by molar-refractivity contribution is 7.13. The number of ether oxygens (including phenoxy) is 1. The Labute approximate surface area is 120 Å². The Morgan fingerprint density at radius 2 is 1.90 bits per heavy atom.